The van der Waals surface area contributed by atoms with Crippen LogP contribution in [-0.4, -0.2) is 14.5 Å². The van der Waals surface area contributed by atoms with Crippen LogP contribution >= 0.6 is 0 Å². The predicted octanol–water partition coefficient (Wildman–Crippen LogP) is 11.5. The number of nitrogens with zero attached hydrogens (tertiary/aromatic N) is 3. The molecule has 234 valence electrons. The maximum Gasteiger partial charge on any atom is 0.162 e. The maximum absolute atomic E-state index is 5.41. The average molecular weight is 630 g/mol. The van der Waals surface area contributed by atoms with E-state index in [0.29, 0.717) is 5.82 Å². The first-order valence-corrected chi connectivity index (χ1v) is 17.2. The molecule has 3 nitrogen and oxygen atoms in total. The molecule has 10 rings (SSSR count). The molecule has 0 amide bonds. The Balaban J connectivity index is 1.44. The highest BCUT2D eigenvalue weighted by molar-refractivity contribution is 6.23. The molecular weight excluding hydrogens is 595 g/mol. The van der Waals surface area contributed by atoms with Gasteiger partial charge in [0, 0.05) is 44.4 Å². The quantitative estimate of drug-likeness (QED) is 0.195. The summed E-state index contributed by atoms with van der Waals surface area (Å²) in [6.07, 6.45) is 0. The smallest absolute Gasteiger partial charge is 0.162 e. The van der Waals surface area contributed by atoms with Crippen molar-refractivity contribution < 1.29 is 0 Å². The van der Waals surface area contributed by atoms with Crippen molar-refractivity contribution in [2.45, 2.75) is 38.5 Å². The van der Waals surface area contributed by atoms with E-state index in [2.05, 4.69) is 166 Å². The normalized spacial score (nSPS) is 14.9. The fraction of sp³-hybridized carbons (Fsp3) is 0.130. The molecule has 6 aromatic carbocycles. The van der Waals surface area contributed by atoms with Gasteiger partial charge in [-0.1, -0.05) is 155 Å². The molecule has 0 radical (unpaired) electrons. The molecule has 2 aliphatic rings. The van der Waals surface area contributed by atoms with Crippen LogP contribution in [0.25, 0.3) is 72.5 Å². The number of hydrogen-bond donors (Lipinski definition) is 0. The number of para-hydroxylation sites is 1. The lowest BCUT2D eigenvalue weighted by molar-refractivity contribution is 0.602. The van der Waals surface area contributed by atoms with Crippen molar-refractivity contribution in [1.29, 1.82) is 0 Å². The van der Waals surface area contributed by atoms with Gasteiger partial charge in [0.25, 0.3) is 0 Å². The largest absolute Gasteiger partial charge is 0.293 e. The van der Waals surface area contributed by atoms with Crippen LogP contribution in [0.4, 0.5) is 0 Å². The van der Waals surface area contributed by atoms with Gasteiger partial charge in [0.05, 0.1) is 16.7 Å². The lowest BCUT2D eigenvalue weighted by Gasteiger charge is -2.31. The number of hydrogen-bond acceptors (Lipinski definition) is 2. The van der Waals surface area contributed by atoms with Gasteiger partial charge in [-0.3, -0.25) is 4.57 Å². The van der Waals surface area contributed by atoms with E-state index in [1.807, 2.05) is 6.07 Å². The number of aromatic nitrogens is 3. The van der Waals surface area contributed by atoms with E-state index in [1.54, 1.807) is 0 Å². The lowest BCUT2D eigenvalue weighted by Crippen LogP contribution is -2.24. The fourth-order valence-corrected chi connectivity index (χ4v) is 9.03. The Morgan fingerprint density at radius 3 is 1.71 bits per heavy atom. The van der Waals surface area contributed by atoms with Crippen LogP contribution in [0.1, 0.15) is 49.9 Å². The van der Waals surface area contributed by atoms with Crippen LogP contribution in [-0.2, 0) is 10.8 Å². The van der Waals surface area contributed by atoms with Crippen molar-refractivity contribution in [3.63, 3.8) is 0 Å². The van der Waals surface area contributed by atoms with Crippen molar-refractivity contribution in [3.8, 4) is 50.7 Å². The first-order valence-electron chi connectivity index (χ1n) is 17.2. The molecule has 0 atom stereocenters. The van der Waals surface area contributed by atoms with Crippen LogP contribution in [0.3, 0.4) is 0 Å². The summed E-state index contributed by atoms with van der Waals surface area (Å²) in [6, 6.07) is 50.0. The van der Waals surface area contributed by atoms with Gasteiger partial charge < -0.3 is 0 Å². The monoisotopic (exact) mass is 629 g/mol. The maximum atomic E-state index is 5.41. The van der Waals surface area contributed by atoms with Crippen LogP contribution in [0.2, 0.25) is 0 Å². The minimum atomic E-state index is -0.194. The summed E-state index contributed by atoms with van der Waals surface area (Å²) in [6.45, 7) is 9.68. The Hall–Kier alpha value is -5.80. The fourth-order valence-electron chi connectivity index (χ4n) is 9.03. The summed E-state index contributed by atoms with van der Waals surface area (Å²) in [5.41, 5.74) is 16.0. The van der Waals surface area contributed by atoms with E-state index in [9.17, 15) is 0 Å². The molecule has 0 saturated heterocycles. The van der Waals surface area contributed by atoms with Crippen molar-refractivity contribution in [1.82, 2.24) is 14.5 Å². The first-order chi connectivity index (χ1) is 23.9. The Bertz CT molecular complexity index is 2580. The van der Waals surface area contributed by atoms with Crippen molar-refractivity contribution >= 4 is 21.8 Å². The molecule has 3 heteroatoms. The van der Waals surface area contributed by atoms with E-state index in [0.717, 1.165) is 28.2 Å². The van der Waals surface area contributed by atoms with E-state index in [1.165, 1.54) is 60.8 Å². The van der Waals surface area contributed by atoms with Crippen LogP contribution in [0.15, 0.2) is 140 Å². The SMILES string of the molecule is CC1(C)c2ccccc2-c2c1c1c(c3c2c2ccccc2n3-c2cc(-c3ccccc3)nc(-c3ccccc3)n2)-c2ccccc2C1(C)C. The standard InChI is InChI=1S/C46H35N3/c1-45(2)33-24-14-11-21-30(33)38-39-32-23-13-16-26-36(32)49(43(39)40-31-22-12-15-25-34(31)46(3,4)42(40)41(38)45)37-27-35(28-17-7-5-8-18-28)47-44(48-37)29-19-9-6-10-20-29/h5-27H,1-4H3. The summed E-state index contributed by atoms with van der Waals surface area (Å²) < 4.78 is 2.44. The third-order valence-electron chi connectivity index (χ3n) is 11.1. The van der Waals surface area contributed by atoms with Crippen LogP contribution in [0.5, 0.6) is 0 Å². The summed E-state index contributed by atoms with van der Waals surface area (Å²) in [4.78, 5) is 10.6. The molecule has 2 aliphatic carbocycles. The lowest BCUT2D eigenvalue weighted by atomic mass is 9.72. The highest BCUT2D eigenvalue weighted by Crippen LogP contribution is 2.63. The first kappa shape index (κ1) is 28.2. The molecule has 2 aromatic heterocycles. The molecule has 0 saturated carbocycles. The van der Waals surface area contributed by atoms with Gasteiger partial charge in [-0.15, -0.1) is 0 Å². The van der Waals surface area contributed by atoms with Gasteiger partial charge in [0.15, 0.2) is 5.82 Å². The second-order valence-electron chi connectivity index (χ2n) is 14.6. The van der Waals surface area contributed by atoms with E-state index in [-0.39, 0.29) is 10.8 Å². The Kier molecular flexibility index (Phi) is 5.69. The molecule has 49 heavy (non-hydrogen) atoms. The zero-order valence-electron chi connectivity index (χ0n) is 28.1. The summed E-state index contributed by atoms with van der Waals surface area (Å²) in [7, 11) is 0. The second kappa shape index (κ2) is 9.87. The minimum absolute atomic E-state index is 0.164. The Labute approximate surface area is 286 Å². The molecule has 0 spiro atoms. The second-order valence-corrected chi connectivity index (χ2v) is 14.6. The molecule has 8 aromatic rings. The van der Waals surface area contributed by atoms with Crippen LogP contribution < -0.4 is 0 Å². The zero-order valence-corrected chi connectivity index (χ0v) is 28.1. The highest BCUT2D eigenvalue weighted by Gasteiger charge is 2.48. The van der Waals surface area contributed by atoms with Gasteiger partial charge in [0.1, 0.15) is 5.82 Å². The molecule has 0 unspecified atom stereocenters. The number of rotatable bonds is 3. The highest BCUT2D eigenvalue weighted by atomic mass is 15.1. The summed E-state index contributed by atoms with van der Waals surface area (Å²) >= 11 is 0. The van der Waals surface area contributed by atoms with Crippen molar-refractivity contribution in [3.05, 3.63) is 162 Å². The third-order valence-corrected chi connectivity index (χ3v) is 11.1. The Morgan fingerprint density at radius 2 is 1.04 bits per heavy atom. The van der Waals surface area contributed by atoms with Crippen LogP contribution in [0, 0.1) is 0 Å². The molecule has 0 bridgehead atoms. The topological polar surface area (TPSA) is 30.7 Å². The molecule has 0 fully saturated rings. The molecule has 0 aliphatic heterocycles. The molecule has 0 N–H and O–H groups in total. The van der Waals surface area contributed by atoms with E-state index in [4.69, 9.17) is 9.97 Å². The summed E-state index contributed by atoms with van der Waals surface area (Å²) in [5, 5.41) is 2.54. The van der Waals surface area contributed by atoms with Crippen molar-refractivity contribution in [2.75, 3.05) is 0 Å². The van der Waals surface area contributed by atoms with Gasteiger partial charge >= 0.3 is 0 Å². The van der Waals surface area contributed by atoms with Gasteiger partial charge in [-0.05, 0) is 45.0 Å². The predicted molar refractivity (Wildman–Crippen MR) is 202 cm³/mol. The minimum Gasteiger partial charge on any atom is -0.293 e. The number of fused-ring (bicyclic) bond motifs is 12. The van der Waals surface area contributed by atoms with Crippen molar-refractivity contribution in [2.24, 2.45) is 0 Å². The molecular formula is C46H35N3. The average Bonchev–Trinajstić information content (AvgIpc) is 3.69. The molecule has 2 heterocycles. The Morgan fingerprint density at radius 1 is 0.510 bits per heavy atom. The van der Waals surface area contributed by atoms with Gasteiger partial charge in [-0.2, -0.15) is 0 Å². The van der Waals surface area contributed by atoms with Gasteiger partial charge in [-0.25, -0.2) is 9.97 Å². The number of benzene rings is 6. The zero-order chi connectivity index (χ0) is 33.1. The third kappa shape index (κ3) is 3.73. The van der Waals surface area contributed by atoms with E-state index < -0.39 is 0 Å². The summed E-state index contributed by atoms with van der Waals surface area (Å²) in [5.74, 6) is 1.58. The van der Waals surface area contributed by atoms with E-state index >= 15 is 0 Å². The van der Waals surface area contributed by atoms with Gasteiger partial charge in [0.2, 0.25) is 0 Å².